The number of aromatic nitrogens is 2. The predicted molar refractivity (Wildman–Crippen MR) is 72.6 cm³/mol. The number of nitrogens with one attached hydrogen (secondary N) is 2. The van der Waals surface area contributed by atoms with Crippen molar-refractivity contribution in [2.45, 2.75) is 39.0 Å². The molecule has 2 unspecified atom stereocenters. The number of hydrazine groups is 1. The quantitative estimate of drug-likeness (QED) is 0.520. The summed E-state index contributed by atoms with van der Waals surface area (Å²) >= 11 is 0. The number of anilines is 2. The van der Waals surface area contributed by atoms with E-state index >= 15 is 0 Å². The van der Waals surface area contributed by atoms with E-state index in [9.17, 15) is 0 Å². The highest BCUT2D eigenvalue weighted by Crippen LogP contribution is 2.19. The number of nitrogens with two attached hydrogens (primary N) is 1. The van der Waals surface area contributed by atoms with Gasteiger partial charge < -0.3 is 20.2 Å². The Morgan fingerprint density at radius 1 is 1.47 bits per heavy atom. The van der Waals surface area contributed by atoms with Crippen LogP contribution in [0.25, 0.3) is 0 Å². The lowest BCUT2D eigenvalue weighted by molar-refractivity contribution is 0.121. The fourth-order valence-corrected chi connectivity index (χ4v) is 2.01. The molecule has 4 N–H and O–H groups in total. The topological polar surface area (TPSA) is 94.3 Å². The van der Waals surface area contributed by atoms with Crippen LogP contribution in [0.3, 0.4) is 0 Å². The Hall–Kier alpha value is -1.44. The highest BCUT2D eigenvalue weighted by Gasteiger charge is 2.24. The minimum absolute atomic E-state index is 0.180. The molecular formula is C12H21N5O2. The molecule has 1 saturated heterocycles. The van der Waals surface area contributed by atoms with Gasteiger partial charge in [-0.15, -0.1) is 0 Å². The molecule has 0 radical (unpaired) electrons. The van der Waals surface area contributed by atoms with Gasteiger partial charge in [0.1, 0.15) is 18.2 Å². The van der Waals surface area contributed by atoms with E-state index in [0.717, 1.165) is 18.8 Å². The molecule has 0 aromatic carbocycles. The molecule has 0 saturated carbocycles. The van der Waals surface area contributed by atoms with Crippen LogP contribution in [0.4, 0.5) is 11.6 Å². The largest absolute Gasteiger partial charge is 0.376 e. The van der Waals surface area contributed by atoms with E-state index in [2.05, 4.69) is 27.6 Å². The summed E-state index contributed by atoms with van der Waals surface area (Å²) in [6.45, 7) is 5.76. The zero-order chi connectivity index (χ0) is 13.7. The molecule has 1 aromatic rings. The van der Waals surface area contributed by atoms with Crippen molar-refractivity contribution in [2.75, 3.05) is 24.0 Å². The van der Waals surface area contributed by atoms with Crippen LogP contribution in [0.1, 0.15) is 26.1 Å². The number of nitrogen functional groups attached to an aromatic ring is 1. The third kappa shape index (κ3) is 3.76. The van der Waals surface area contributed by atoms with Crippen LogP contribution in [0, 0.1) is 0 Å². The maximum Gasteiger partial charge on any atom is 0.158 e. The van der Waals surface area contributed by atoms with Crippen molar-refractivity contribution >= 4 is 11.6 Å². The van der Waals surface area contributed by atoms with Crippen LogP contribution in [0.15, 0.2) is 6.07 Å². The molecule has 0 aliphatic carbocycles. The van der Waals surface area contributed by atoms with E-state index in [1.165, 1.54) is 0 Å². The van der Waals surface area contributed by atoms with E-state index < -0.39 is 0 Å². The summed E-state index contributed by atoms with van der Waals surface area (Å²) in [5, 5.41) is 3.35. The maximum atomic E-state index is 5.52. The van der Waals surface area contributed by atoms with Gasteiger partial charge in [-0.25, -0.2) is 15.8 Å². The lowest BCUT2D eigenvalue weighted by Crippen LogP contribution is -2.27. The van der Waals surface area contributed by atoms with E-state index in [-0.39, 0.29) is 12.1 Å². The van der Waals surface area contributed by atoms with Gasteiger partial charge in [0, 0.05) is 19.3 Å². The van der Waals surface area contributed by atoms with Gasteiger partial charge in [0.25, 0.3) is 0 Å². The van der Waals surface area contributed by atoms with E-state index in [0.29, 0.717) is 24.9 Å². The summed E-state index contributed by atoms with van der Waals surface area (Å²) in [6.07, 6.45) is 1.15. The molecule has 1 fully saturated rings. The first-order chi connectivity index (χ1) is 9.22. The fourth-order valence-electron chi connectivity index (χ4n) is 2.01. The van der Waals surface area contributed by atoms with Crippen LogP contribution >= 0.6 is 0 Å². The molecular weight excluding hydrogens is 246 g/mol. The smallest absolute Gasteiger partial charge is 0.158 e. The van der Waals surface area contributed by atoms with Gasteiger partial charge in [-0.2, -0.15) is 0 Å². The molecule has 2 heterocycles. The first-order valence-electron chi connectivity index (χ1n) is 6.53. The van der Waals surface area contributed by atoms with E-state index in [1.54, 1.807) is 6.07 Å². The Kier molecular flexibility index (Phi) is 4.89. The molecule has 7 heteroatoms. The Labute approximate surface area is 112 Å². The molecule has 1 aliphatic heterocycles. The third-order valence-corrected chi connectivity index (χ3v) is 3.07. The summed E-state index contributed by atoms with van der Waals surface area (Å²) in [7, 11) is 0. The highest BCUT2D eigenvalue weighted by atomic mass is 16.5. The molecule has 2 atom stereocenters. The van der Waals surface area contributed by atoms with Crippen molar-refractivity contribution in [1.29, 1.82) is 0 Å². The van der Waals surface area contributed by atoms with Gasteiger partial charge in [0.2, 0.25) is 0 Å². The summed E-state index contributed by atoms with van der Waals surface area (Å²) in [5.41, 5.74) is 2.54. The second-order valence-electron chi connectivity index (χ2n) is 4.45. The first kappa shape index (κ1) is 14.0. The van der Waals surface area contributed by atoms with Crippen molar-refractivity contribution in [1.82, 2.24) is 9.97 Å². The van der Waals surface area contributed by atoms with Crippen LogP contribution in [0.2, 0.25) is 0 Å². The van der Waals surface area contributed by atoms with Crippen molar-refractivity contribution in [3.63, 3.8) is 0 Å². The average molecular weight is 267 g/mol. The predicted octanol–water partition coefficient (Wildman–Crippen LogP) is 0.888. The number of rotatable bonds is 6. The van der Waals surface area contributed by atoms with Crippen molar-refractivity contribution < 1.29 is 9.47 Å². The van der Waals surface area contributed by atoms with Crippen LogP contribution in [-0.4, -0.2) is 35.3 Å². The minimum Gasteiger partial charge on any atom is -0.376 e. The summed E-state index contributed by atoms with van der Waals surface area (Å²) in [5.74, 6) is 7.33. The molecule has 0 bridgehead atoms. The lowest BCUT2D eigenvalue weighted by atomic mass is 10.1. The minimum atomic E-state index is 0.180. The monoisotopic (exact) mass is 267 g/mol. The number of hydrogen-bond acceptors (Lipinski definition) is 7. The highest BCUT2D eigenvalue weighted by molar-refractivity contribution is 5.47. The molecule has 7 nitrogen and oxygen atoms in total. The molecule has 1 aromatic heterocycles. The standard InChI is InChI=1S/C12H21N5O2/c1-3-18-7-12-15-10(6-11(16-12)17-13)14-9-4-5-19-8(9)2/h6,8-9H,3-5,7,13H2,1-2H3,(H2,14,15,16,17). The SMILES string of the molecule is CCOCc1nc(NN)cc(NC2CCOC2C)n1. The maximum absolute atomic E-state index is 5.52. The molecule has 2 rings (SSSR count). The summed E-state index contributed by atoms with van der Waals surface area (Å²) in [6, 6.07) is 2.04. The number of nitrogens with zero attached hydrogens (tertiary/aromatic N) is 2. The van der Waals surface area contributed by atoms with Gasteiger partial charge in [0.05, 0.1) is 12.1 Å². The van der Waals surface area contributed by atoms with Gasteiger partial charge >= 0.3 is 0 Å². The average Bonchev–Trinajstić information content (AvgIpc) is 2.81. The fraction of sp³-hybridized carbons (Fsp3) is 0.667. The second-order valence-corrected chi connectivity index (χ2v) is 4.45. The van der Waals surface area contributed by atoms with Gasteiger partial charge in [-0.05, 0) is 20.3 Å². The zero-order valence-corrected chi connectivity index (χ0v) is 11.3. The lowest BCUT2D eigenvalue weighted by Gasteiger charge is -2.17. The van der Waals surface area contributed by atoms with E-state index in [1.807, 2.05) is 6.92 Å². The Morgan fingerprint density at radius 2 is 2.26 bits per heavy atom. The van der Waals surface area contributed by atoms with Gasteiger partial charge in [-0.1, -0.05) is 0 Å². The van der Waals surface area contributed by atoms with Crippen LogP contribution in [0.5, 0.6) is 0 Å². The normalized spacial score (nSPS) is 22.5. The van der Waals surface area contributed by atoms with Crippen LogP contribution < -0.4 is 16.6 Å². The first-order valence-corrected chi connectivity index (χ1v) is 6.53. The number of ether oxygens (including phenoxy) is 2. The van der Waals surface area contributed by atoms with E-state index in [4.69, 9.17) is 15.3 Å². The Morgan fingerprint density at radius 3 is 2.89 bits per heavy atom. The Balaban J connectivity index is 2.09. The molecule has 106 valence electrons. The molecule has 0 amide bonds. The zero-order valence-electron chi connectivity index (χ0n) is 11.3. The van der Waals surface area contributed by atoms with Gasteiger partial charge in [0.15, 0.2) is 5.82 Å². The molecule has 1 aliphatic rings. The second kappa shape index (κ2) is 6.65. The third-order valence-electron chi connectivity index (χ3n) is 3.07. The van der Waals surface area contributed by atoms with Crippen molar-refractivity contribution in [3.05, 3.63) is 11.9 Å². The van der Waals surface area contributed by atoms with Crippen molar-refractivity contribution in [2.24, 2.45) is 5.84 Å². The molecule has 0 spiro atoms. The van der Waals surface area contributed by atoms with Crippen LogP contribution in [-0.2, 0) is 16.1 Å². The Bertz CT molecular complexity index is 415. The molecule has 19 heavy (non-hydrogen) atoms. The summed E-state index contributed by atoms with van der Waals surface area (Å²) < 4.78 is 10.8. The van der Waals surface area contributed by atoms with Gasteiger partial charge in [-0.3, -0.25) is 0 Å². The number of hydrogen-bond donors (Lipinski definition) is 3. The summed E-state index contributed by atoms with van der Waals surface area (Å²) in [4.78, 5) is 8.66. The van der Waals surface area contributed by atoms with Crippen molar-refractivity contribution in [3.8, 4) is 0 Å².